The summed E-state index contributed by atoms with van der Waals surface area (Å²) in [4.78, 5) is 4.39. The molecule has 1 aromatic heterocycles. The first-order valence-corrected chi connectivity index (χ1v) is 6.35. The Kier molecular flexibility index (Phi) is 4.68. The van der Waals surface area contributed by atoms with Gasteiger partial charge >= 0.3 is 0 Å². The monoisotopic (exact) mass is 260 g/mol. The molecule has 0 bridgehead atoms. The lowest BCUT2D eigenvalue weighted by Gasteiger charge is -2.24. The molecule has 0 saturated carbocycles. The third kappa shape index (κ3) is 3.01. The van der Waals surface area contributed by atoms with Gasteiger partial charge in [0.25, 0.3) is 0 Å². The van der Waals surface area contributed by atoms with Crippen molar-refractivity contribution >= 4 is 0 Å². The van der Waals surface area contributed by atoms with Crippen LogP contribution in [0.1, 0.15) is 30.3 Å². The molecule has 0 aliphatic heterocycles. The Morgan fingerprint density at radius 1 is 1.37 bits per heavy atom. The van der Waals surface area contributed by atoms with Crippen molar-refractivity contribution in [2.75, 3.05) is 7.11 Å². The van der Waals surface area contributed by atoms with E-state index in [1.54, 1.807) is 13.4 Å². The molecule has 0 radical (unpaired) electrons. The minimum Gasteiger partial charge on any atom is -0.375 e. The van der Waals surface area contributed by atoms with Gasteiger partial charge in [0.15, 0.2) is 0 Å². The molecule has 0 fully saturated rings. The Morgan fingerprint density at radius 2 is 2.11 bits per heavy atom. The number of nitrogens with zero attached hydrogens (tertiary/aromatic N) is 2. The van der Waals surface area contributed by atoms with Crippen molar-refractivity contribution < 1.29 is 4.74 Å². The highest BCUT2D eigenvalue weighted by Gasteiger charge is 2.25. The van der Waals surface area contributed by atoms with Crippen LogP contribution in [0, 0.1) is 0 Å². The number of nitrogens with two attached hydrogens (primary N) is 1. The third-order valence-corrected chi connectivity index (χ3v) is 3.20. The summed E-state index contributed by atoms with van der Waals surface area (Å²) < 4.78 is 7.61. The van der Waals surface area contributed by atoms with Crippen molar-refractivity contribution in [3.05, 3.63) is 54.1 Å². The van der Waals surface area contributed by atoms with Crippen LogP contribution in [0.25, 0.3) is 0 Å². The lowest BCUT2D eigenvalue weighted by molar-refractivity contribution is 0.0663. The molecule has 2 unspecified atom stereocenters. The van der Waals surface area contributed by atoms with Crippen molar-refractivity contribution in [2.45, 2.75) is 25.6 Å². The Hall–Kier alpha value is -1.69. The summed E-state index contributed by atoms with van der Waals surface area (Å²) >= 11 is 0. The van der Waals surface area contributed by atoms with Gasteiger partial charge in [0.1, 0.15) is 6.10 Å². The fourth-order valence-electron chi connectivity index (χ4n) is 2.15. The molecule has 1 aromatic carbocycles. The molecule has 0 aliphatic rings. The number of benzene rings is 1. The van der Waals surface area contributed by atoms with Gasteiger partial charge in [0, 0.05) is 19.9 Å². The zero-order valence-electron chi connectivity index (χ0n) is 11.3. The molecule has 0 saturated heterocycles. The van der Waals surface area contributed by atoms with E-state index in [9.17, 15) is 0 Å². The highest BCUT2D eigenvalue weighted by atomic mass is 16.5. The van der Waals surface area contributed by atoms with Crippen molar-refractivity contribution in [3.8, 4) is 0 Å². The van der Waals surface area contributed by atoms with Gasteiger partial charge in [-0.05, 0) is 12.5 Å². The largest absolute Gasteiger partial charge is 0.375 e. The normalized spacial score (nSPS) is 14.3. The average molecular weight is 260 g/mol. The summed E-state index contributed by atoms with van der Waals surface area (Å²) in [5.74, 6) is 5.69. The summed E-state index contributed by atoms with van der Waals surface area (Å²) in [6.45, 7) is 2.95. The number of hydrogen-bond acceptors (Lipinski definition) is 4. The first-order chi connectivity index (χ1) is 9.30. The van der Waals surface area contributed by atoms with Gasteiger partial charge in [-0.15, -0.1) is 0 Å². The molecule has 2 atom stereocenters. The van der Waals surface area contributed by atoms with Crippen LogP contribution < -0.4 is 11.3 Å². The van der Waals surface area contributed by atoms with Crippen LogP contribution in [0.5, 0.6) is 0 Å². The molecule has 2 rings (SSSR count). The topological polar surface area (TPSA) is 65.1 Å². The van der Waals surface area contributed by atoms with E-state index < -0.39 is 0 Å². The van der Waals surface area contributed by atoms with Crippen LogP contribution in [0.3, 0.4) is 0 Å². The molecule has 0 aliphatic carbocycles. The van der Waals surface area contributed by atoms with Crippen LogP contribution >= 0.6 is 0 Å². The van der Waals surface area contributed by atoms with Crippen LogP contribution in [0.15, 0.2) is 42.9 Å². The number of imidazole rings is 1. The number of aromatic nitrogens is 2. The summed E-state index contributed by atoms with van der Waals surface area (Å²) in [5.41, 5.74) is 4.75. The number of hydrazine groups is 1. The molecular weight excluding hydrogens is 240 g/mol. The smallest absolute Gasteiger partial charge is 0.104 e. The SMILES string of the molecule is CCn1cnc(C(NN)C(OC)c2ccccc2)c1. The second kappa shape index (κ2) is 6.47. The van der Waals surface area contributed by atoms with Gasteiger partial charge in [-0.2, -0.15) is 0 Å². The first-order valence-electron chi connectivity index (χ1n) is 6.35. The lowest BCUT2D eigenvalue weighted by Crippen LogP contribution is -2.33. The van der Waals surface area contributed by atoms with Crippen LogP contribution in [0.2, 0.25) is 0 Å². The summed E-state index contributed by atoms with van der Waals surface area (Å²) in [6.07, 6.45) is 3.61. The van der Waals surface area contributed by atoms with E-state index in [-0.39, 0.29) is 12.1 Å². The maximum atomic E-state index is 5.69. The van der Waals surface area contributed by atoms with Gasteiger partial charge in [0.2, 0.25) is 0 Å². The summed E-state index contributed by atoms with van der Waals surface area (Å²) in [7, 11) is 1.68. The summed E-state index contributed by atoms with van der Waals surface area (Å²) in [5, 5.41) is 0. The molecule has 5 nitrogen and oxygen atoms in total. The van der Waals surface area contributed by atoms with E-state index in [4.69, 9.17) is 10.6 Å². The van der Waals surface area contributed by atoms with E-state index in [1.165, 1.54) is 0 Å². The van der Waals surface area contributed by atoms with Crippen molar-refractivity contribution in [1.29, 1.82) is 0 Å². The first kappa shape index (κ1) is 13.7. The maximum Gasteiger partial charge on any atom is 0.104 e. The fraction of sp³-hybridized carbons (Fsp3) is 0.357. The van der Waals surface area contributed by atoms with E-state index in [0.29, 0.717) is 0 Å². The van der Waals surface area contributed by atoms with Crippen molar-refractivity contribution in [3.63, 3.8) is 0 Å². The molecule has 5 heteroatoms. The van der Waals surface area contributed by atoms with E-state index >= 15 is 0 Å². The minimum absolute atomic E-state index is 0.175. The van der Waals surface area contributed by atoms with E-state index in [2.05, 4.69) is 17.3 Å². The van der Waals surface area contributed by atoms with Gasteiger partial charge in [-0.25, -0.2) is 10.4 Å². The van der Waals surface area contributed by atoms with Gasteiger partial charge in [0.05, 0.1) is 18.1 Å². The lowest BCUT2D eigenvalue weighted by atomic mass is 10.0. The number of nitrogens with one attached hydrogen (secondary N) is 1. The number of hydrogen-bond donors (Lipinski definition) is 2. The predicted octanol–water partition coefficient (Wildman–Crippen LogP) is 1.80. The van der Waals surface area contributed by atoms with E-state index in [0.717, 1.165) is 17.8 Å². The van der Waals surface area contributed by atoms with Gasteiger partial charge < -0.3 is 9.30 Å². The Bertz CT molecular complexity index is 497. The van der Waals surface area contributed by atoms with Crippen LogP contribution in [0.4, 0.5) is 0 Å². The minimum atomic E-state index is -0.180. The van der Waals surface area contributed by atoms with Gasteiger partial charge in [-0.1, -0.05) is 30.3 Å². The summed E-state index contributed by atoms with van der Waals surface area (Å²) in [6, 6.07) is 9.82. The Balaban J connectivity index is 2.28. The zero-order valence-corrected chi connectivity index (χ0v) is 11.3. The molecule has 19 heavy (non-hydrogen) atoms. The Morgan fingerprint density at radius 3 is 2.63 bits per heavy atom. The average Bonchev–Trinajstić information content (AvgIpc) is 2.94. The zero-order chi connectivity index (χ0) is 13.7. The third-order valence-electron chi connectivity index (χ3n) is 3.20. The Labute approximate surface area is 113 Å². The number of aryl methyl sites for hydroxylation is 1. The molecule has 3 N–H and O–H groups in total. The molecule has 2 aromatic rings. The maximum absolute atomic E-state index is 5.69. The molecule has 0 spiro atoms. The van der Waals surface area contributed by atoms with E-state index in [1.807, 2.05) is 41.1 Å². The number of methoxy groups -OCH3 is 1. The van der Waals surface area contributed by atoms with Crippen molar-refractivity contribution in [2.24, 2.45) is 5.84 Å². The van der Waals surface area contributed by atoms with Gasteiger partial charge in [-0.3, -0.25) is 5.84 Å². The van der Waals surface area contributed by atoms with Crippen LogP contribution in [-0.4, -0.2) is 16.7 Å². The number of ether oxygens (including phenoxy) is 1. The van der Waals surface area contributed by atoms with Crippen molar-refractivity contribution in [1.82, 2.24) is 15.0 Å². The number of rotatable bonds is 6. The molecule has 1 heterocycles. The van der Waals surface area contributed by atoms with Crippen LogP contribution in [-0.2, 0) is 11.3 Å². The standard InChI is InChI=1S/C14H20N4O/c1-3-18-9-12(16-10-18)13(17-15)14(19-2)11-7-5-4-6-8-11/h4-10,13-14,17H,3,15H2,1-2H3. The second-order valence-electron chi connectivity index (χ2n) is 4.34. The molecular formula is C14H20N4O. The molecule has 0 amide bonds. The highest BCUT2D eigenvalue weighted by molar-refractivity contribution is 5.22. The molecule has 102 valence electrons. The quantitative estimate of drug-likeness (QED) is 0.614. The second-order valence-corrected chi connectivity index (χ2v) is 4.34. The fourth-order valence-corrected chi connectivity index (χ4v) is 2.15. The highest BCUT2D eigenvalue weighted by Crippen LogP contribution is 2.29. The predicted molar refractivity (Wildman–Crippen MR) is 74.2 cm³/mol.